The van der Waals surface area contributed by atoms with Crippen LogP contribution in [0.1, 0.15) is 13.3 Å². The molecule has 1 unspecified atom stereocenters. The van der Waals surface area contributed by atoms with E-state index in [1.165, 1.54) is 48.7 Å². The fourth-order valence-corrected chi connectivity index (χ4v) is 5.41. The Hall–Kier alpha value is -2.68. The molecule has 1 N–H and O–H groups in total. The van der Waals surface area contributed by atoms with Crippen LogP contribution in [0.2, 0.25) is 5.02 Å². The number of halogens is 2. The Morgan fingerprint density at radius 3 is 2.75 bits per heavy atom. The predicted molar refractivity (Wildman–Crippen MR) is 129 cm³/mol. The van der Waals surface area contributed by atoms with Crippen LogP contribution in [0.4, 0.5) is 10.1 Å². The number of hydrogen-bond acceptors (Lipinski definition) is 6. The van der Waals surface area contributed by atoms with E-state index in [1.54, 1.807) is 30.3 Å². The molecule has 4 aromatic rings. The number of aromatic nitrogens is 2. The van der Waals surface area contributed by atoms with Crippen LogP contribution in [0.5, 0.6) is 5.75 Å². The maximum atomic E-state index is 13.4. The molecular formula is C23H19ClFN3O2S2. The van der Waals surface area contributed by atoms with Crippen molar-refractivity contribution in [3.63, 3.8) is 0 Å². The predicted octanol–water partition coefficient (Wildman–Crippen LogP) is 6.67. The molecule has 1 amide bonds. The average Bonchev–Trinajstić information content (AvgIpc) is 3.23. The van der Waals surface area contributed by atoms with Crippen LogP contribution < -0.4 is 10.1 Å². The molecule has 0 spiro atoms. The van der Waals surface area contributed by atoms with E-state index < -0.39 is 5.25 Å². The van der Waals surface area contributed by atoms with Crippen LogP contribution in [0.25, 0.3) is 21.3 Å². The molecule has 9 heteroatoms. The first-order chi connectivity index (χ1) is 15.5. The highest BCUT2D eigenvalue weighted by Gasteiger charge is 2.23. The van der Waals surface area contributed by atoms with Gasteiger partial charge in [-0.05, 0) is 42.3 Å². The molecule has 0 aliphatic carbocycles. The monoisotopic (exact) mass is 487 g/mol. The lowest BCUT2D eigenvalue weighted by Crippen LogP contribution is -2.25. The van der Waals surface area contributed by atoms with Crippen molar-refractivity contribution < 1.29 is 13.9 Å². The Morgan fingerprint density at radius 1 is 1.25 bits per heavy atom. The number of ether oxygens (including phenoxy) is 1. The third kappa shape index (κ3) is 4.72. The molecule has 0 fully saturated rings. The molecule has 0 aliphatic heterocycles. The number of methoxy groups -OCH3 is 1. The summed E-state index contributed by atoms with van der Waals surface area (Å²) in [5, 5.41) is 6.56. The Kier molecular flexibility index (Phi) is 6.93. The number of fused-ring (bicyclic) bond motifs is 1. The quantitative estimate of drug-likeness (QED) is 0.233. The fraction of sp³-hybridized carbons (Fsp3) is 0.174. The maximum absolute atomic E-state index is 13.4. The van der Waals surface area contributed by atoms with E-state index in [-0.39, 0.29) is 11.7 Å². The zero-order valence-corrected chi connectivity index (χ0v) is 19.7. The topological polar surface area (TPSA) is 64.1 Å². The molecule has 32 heavy (non-hydrogen) atoms. The number of anilines is 1. The summed E-state index contributed by atoms with van der Waals surface area (Å²) in [5.41, 5.74) is 2.30. The fourth-order valence-electron chi connectivity index (χ4n) is 3.23. The van der Waals surface area contributed by atoms with Crippen molar-refractivity contribution in [1.29, 1.82) is 0 Å². The number of thiophene rings is 1. The van der Waals surface area contributed by atoms with Gasteiger partial charge in [0.2, 0.25) is 5.91 Å². The second-order valence-electron chi connectivity index (χ2n) is 6.86. The highest BCUT2D eigenvalue weighted by Crippen LogP contribution is 2.40. The first-order valence-electron chi connectivity index (χ1n) is 9.79. The van der Waals surface area contributed by atoms with E-state index >= 15 is 0 Å². The molecule has 5 nitrogen and oxygen atoms in total. The van der Waals surface area contributed by atoms with E-state index in [9.17, 15) is 9.18 Å². The van der Waals surface area contributed by atoms with Crippen molar-refractivity contribution >= 4 is 56.5 Å². The lowest BCUT2D eigenvalue weighted by atomic mass is 10.1. The van der Waals surface area contributed by atoms with Crippen LogP contribution >= 0.6 is 34.7 Å². The van der Waals surface area contributed by atoms with Gasteiger partial charge in [-0.1, -0.05) is 42.4 Å². The van der Waals surface area contributed by atoms with Gasteiger partial charge in [0, 0.05) is 16.0 Å². The largest absolute Gasteiger partial charge is 0.495 e. The van der Waals surface area contributed by atoms with Gasteiger partial charge in [-0.3, -0.25) is 4.79 Å². The molecule has 0 saturated heterocycles. The van der Waals surface area contributed by atoms with Gasteiger partial charge in [-0.2, -0.15) is 0 Å². The minimum Gasteiger partial charge on any atom is -0.495 e. The van der Waals surface area contributed by atoms with Gasteiger partial charge < -0.3 is 10.1 Å². The minimum absolute atomic E-state index is 0.177. The number of carbonyl (C=O) groups excluding carboxylic acids is 1. The molecule has 0 saturated carbocycles. The molecule has 2 heterocycles. The summed E-state index contributed by atoms with van der Waals surface area (Å²) in [5.74, 6) is 0.0603. The van der Waals surface area contributed by atoms with Crippen LogP contribution in [0.3, 0.4) is 0 Å². The Balaban J connectivity index is 1.64. The third-order valence-electron chi connectivity index (χ3n) is 4.83. The van der Waals surface area contributed by atoms with Gasteiger partial charge in [0.1, 0.15) is 27.8 Å². The zero-order chi connectivity index (χ0) is 22.7. The van der Waals surface area contributed by atoms with Gasteiger partial charge in [0.25, 0.3) is 0 Å². The van der Waals surface area contributed by atoms with E-state index in [0.717, 1.165) is 21.3 Å². The summed E-state index contributed by atoms with van der Waals surface area (Å²) >= 11 is 8.95. The van der Waals surface area contributed by atoms with Crippen molar-refractivity contribution in [2.75, 3.05) is 12.4 Å². The van der Waals surface area contributed by atoms with E-state index in [4.69, 9.17) is 16.3 Å². The van der Waals surface area contributed by atoms with Gasteiger partial charge >= 0.3 is 0 Å². The van der Waals surface area contributed by atoms with Crippen LogP contribution in [0, 0.1) is 5.82 Å². The summed E-state index contributed by atoms with van der Waals surface area (Å²) in [6.45, 7) is 1.94. The first-order valence-corrected chi connectivity index (χ1v) is 11.9. The standard InChI is InChI=1S/C23H19ClFN3O2S2/c1-3-19(21(29)28-17-10-14(24)6-9-18(17)30-2)32-23-20-16(11-31-22(20)26-12-27-23)13-4-7-15(25)8-5-13/h4-12,19H,3H2,1-2H3,(H,28,29). The van der Waals surface area contributed by atoms with Crippen molar-refractivity contribution in [3.8, 4) is 16.9 Å². The van der Waals surface area contributed by atoms with Gasteiger partial charge in [-0.15, -0.1) is 11.3 Å². The molecule has 2 aromatic carbocycles. The number of benzene rings is 2. The normalized spacial score (nSPS) is 12.0. The maximum Gasteiger partial charge on any atom is 0.238 e. The Morgan fingerprint density at radius 2 is 2.03 bits per heavy atom. The minimum atomic E-state index is -0.405. The molecule has 2 aromatic heterocycles. The van der Waals surface area contributed by atoms with Crippen molar-refractivity contribution in [2.24, 2.45) is 0 Å². The van der Waals surface area contributed by atoms with Crippen LogP contribution in [-0.2, 0) is 4.79 Å². The zero-order valence-electron chi connectivity index (χ0n) is 17.3. The molecule has 164 valence electrons. The van der Waals surface area contributed by atoms with Gasteiger partial charge in [0.05, 0.1) is 23.4 Å². The van der Waals surface area contributed by atoms with E-state index in [2.05, 4.69) is 15.3 Å². The number of nitrogens with zero attached hydrogens (tertiary/aromatic N) is 2. The molecule has 1 atom stereocenters. The van der Waals surface area contributed by atoms with Crippen LogP contribution in [0.15, 0.2) is 59.2 Å². The first kappa shape index (κ1) is 22.5. The second-order valence-corrected chi connectivity index (χ2v) is 9.35. The average molecular weight is 488 g/mol. The summed E-state index contributed by atoms with van der Waals surface area (Å²) < 4.78 is 18.7. The highest BCUT2D eigenvalue weighted by atomic mass is 35.5. The van der Waals surface area contributed by atoms with Crippen molar-refractivity contribution in [2.45, 2.75) is 23.6 Å². The van der Waals surface area contributed by atoms with Gasteiger partial charge in [-0.25, -0.2) is 14.4 Å². The van der Waals surface area contributed by atoms with Crippen molar-refractivity contribution in [1.82, 2.24) is 9.97 Å². The number of carbonyl (C=O) groups is 1. The number of thioether (sulfide) groups is 1. The molecule has 0 aliphatic rings. The molecule has 0 radical (unpaired) electrons. The lowest BCUT2D eigenvalue weighted by molar-refractivity contribution is -0.115. The van der Waals surface area contributed by atoms with E-state index in [0.29, 0.717) is 27.9 Å². The number of hydrogen-bond donors (Lipinski definition) is 1. The lowest BCUT2D eigenvalue weighted by Gasteiger charge is -2.16. The highest BCUT2D eigenvalue weighted by molar-refractivity contribution is 8.00. The second kappa shape index (κ2) is 9.85. The number of nitrogens with one attached hydrogen (secondary N) is 1. The number of amides is 1. The van der Waals surface area contributed by atoms with Gasteiger partial charge in [0.15, 0.2) is 0 Å². The molecular weight excluding hydrogens is 469 g/mol. The summed E-state index contributed by atoms with van der Waals surface area (Å²) in [4.78, 5) is 22.7. The molecule has 0 bridgehead atoms. The SMILES string of the molecule is CCC(Sc1ncnc2scc(-c3ccc(F)cc3)c12)C(=O)Nc1cc(Cl)ccc1OC. The number of rotatable bonds is 7. The van der Waals surface area contributed by atoms with Crippen LogP contribution in [-0.4, -0.2) is 28.2 Å². The Labute approximate surface area is 198 Å². The van der Waals surface area contributed by atoms with E-state index in [1.807, 2.05) is 12.3 Å². The van der Waals surface area contributed by atoms with Crippen molar-refractivity contribution in [3.05, 3.63) is 65.0 Å². The smallest absolute Gasteiger partial charge is 0.238 e. The summed E-state index contributed by atoms with van der Waals surface area (Å²) in [6, 6.07) is 11.4. The molecule has 4 rings (SSSR count). The third-order valence-corrected chi connectivity index (χ3v) is 7.31. The summed E-state index contributed by atoms with van der Waals surface area (Å²) in [6.07, 6.45) is 2.08. The Bertz CT molecular complexity index is 1260. The summed E-state index contributed by atoms with van der Waals surface area (Å²) in [7, 11) is 1.54.